The molecule has 1 nitrogen and oxygen atoms in total. The van der Waals surface area contributed by atoms with Crippen LogP contribution in [0.15, 0.2) is 60.7 Å². The third-order valence-corrected chi connectivity index (χ3v) is 6.10. The van der Waals surface area contributed by atoms with Crippen molar-refractivity contribution in [2.75, 3.05) is 13.1 Å². The zero-order valence-electron chi connectivity index (χ0n) is 19.9. The van der Waals surface area contributed by atoms with Crippen LogP contribution in [-0.4, -0.2) is 18.0 Å². The summed E-state index contributed by atoms with van der Waals surface area (Å²) < 4.78 is 0. The average molecular weight is 412 g/mol. The lowest BCUT2D eigenvalue weighted by molar-refractivity contribution is 0.266. The van der Waals surface area contributed by atoms with Gasteiger partial charge in [0.15, 0.2) is 0 Å². The van der Waals surface area contributed by atoms with Gasteiger partial charge in [-0.3, -0.25) is 4.90 Å². The molecule has 0 unspecified atom stereocenters. The van der Waals surface area contributed by atoms with Crippen LogP contribution >= 0.6 is 0 Å². The molecule has 0 aliphatic carbocycles. The number of hydrogen-bond donors (Lipinski definition) is 0. The molecule has 0 spiro atoms. The van der Waals surface area contributed by atoms with Crippen LogP contribution in [-0.2, 0) is 6.54 Å². The van der Waals surface area contributed by atoms with E-state index < -0.39 is 0 Å². The highest BCUT2D eigenvalue weighted by atomic mass is 15.1. The van der Waals surface area contributed by atoms with Gasteiger partial charge in [0.2, 0.25) is 0 Å². The maximum Gasteiger partial charge on any atom is 0.0236 e. The zero-order valence-corrected chi connectivity index (χ0v) is 19.9. The molecule has 0 amide bonds. The van der Waals surface area contributed by atoms with E-state index in [0.29, 0.717) is 0 Å². The van der Waals surface area contributed by atoms with Crippen LogP contribution < -0.4 is 0 Å². The largest absolute Gasteiger partial charge is 0.299 e. The van der Waals surface area contributed by atoms with E-state index in [9.17, 15) is 0 Å². The fourth-order valence-electron chi connectivity index (χ4n) is 4.34. The number of aryl methyl sites for hydroxylation is 2. The molecule has 0 aliphatic rings. The lowest BCUT2D eigenvalue weighted by atomic mass is 9.95. The van der Waals surface area contributed by atoms with Gasteiger partial charge in [-0.05, 0) is 91.2 Å². The minimum Gasteiger partial charge on any atom is -0.299 e. The Hall–Kier alpha value is -2.64. The molecule has 0 saturated carbocycles. The SMILES string of the molecule is CCCN(CCC)Cc1cc(C)c(/C=C/c2cccc(-c3ccccc3)c2C)cc1C. The van der Waals surface area contributed by atoms with Crippen molar-refractivity contribution < 1.29 is 0 Å². The standard InChI is InChI=1S/C30H37N/c1-6-18-31(19-7-2)22-29-21-23(3)28(20-24(29)4)17-16-26-14-11-15-30(25(26)5)27-12-9-8-10-13-27/h8-17,20-21H,6-7,18-19,22H2,1-5H3/b17-16+. The van der Waals surface area contributed by atoms with Crippen molar-refractivity contribution in [1.29, 1.82) is 0 Å². The van der Waals surface area contributed by atoms with E-state index in [0.717, 1.165) is 6.54 Å². The van der Waals surface area contributed by atoms with Crippen LogP contribution in [0.5, 0.6) is 0 Å². The normalized spacial score (nSPS) is 11.5. The summed E-state index contributed by atoms with van der Waals surface area (Å²) in [6.07, 6.45) is 6.96. The number of benzene rings is 3. The monoisotopic (exact) mass is 411 g/mol. The van der Waals surface area contributed by atoms with Gasteiger partial charge in [0.05, 0.1) is 0 Å². The minimum atomic E-state index is 1.05. The van der Waals surface area contributed by atoms with Crippen molar-refractivity contribution in [3.63, 3.8) is 0 Å². The van der Waals surface area contributed by atoms with E-state index in [4.69, 9.17) is 0 Å². The third kappa shape index (κ3) is 5.95. The molecule has 3 aromatic carbocycles. The van der Waals surface area contributed by atoms with Crippen molar-refractivity contribution in [3.05, 3.63) is 94.0 Å². The van der Waals surface area contributed by atoms with E-state index >= 15 is 0 Å². The molecule has 0 aliphatic heterocycles. The van der Waals surface area contributed by atoms with Gasteiger partial charge in [-0.2, -0.15) is 0 Å². The first-order valence-corrected chi connectivity index (χ1v) is 11.7. The summed E-state index contributed by atoms with van der Waals surface area (Å²) in [6.45, 7) is 14.6. The Morgan fingerprint density at radius 3 is 2.06 bits per heavy atom. The number of nitrogens with zero attached hydrogens (tertiary/aromatic N) is 1. The summed E-state index contributed by atoms with van der Waals surface area (Å²) in [6, 6.07) is 22.0. The van der Waals surface area contributed by atoms with E-state index in [1.165, 1.54) is 70.4 Å². The van der Waals surface area contributed by atoms with Crippen LogP contribution in [0.1, 0.15) is 60.1 Å². The number of hydrogen-bond acceptors (Lipinski definition) is 1. The van der Waals surface area contributed by atoms with Gasteiger partial charge in [-0.1, -0.05) is 86.7 Å². The van der Waals surface area contributed by atoms with Crippen molar-refractivity contribution >= 4 is 12.2 Å². The van der Waals surface area contributed by atoms with Gasteiger partial charge in [0, 0.05) is 6.54 Å². The molecule has 0 N–H and O–H groups in total. The predicted molar refractivity (Wildman–Crippen MR) is 137 cm³/mol. The maximum absolute atomic E-state index is 2.58. The second kappa shape index (κ2) is 11.1. The average Bonchev–Trinajstić information content (AvgIpc) is 2.77. The molecular formula is C30H37N. The second-order valence-electron chi connectivity index (χ2n) is 8.63. The zero-order chi connectivity index (χ0) is 22.2. The first-order chi connectivity index (χ1) is 15.0. The molecular weight excluding hydrogens is 374 g/mol. The molecule has 3 aromatic rings. The van der Waals surface area contributed by atoms with Crippen molar-refractivity contribution in [2.45, 2.75) is 54.0 Å². The molecule has 0 fully saturated rings. The van der Waals surface area contributed by atoms with E-state index in [1.54, 1.807) is 0 Å². The molecule has 3 rings (SSSR count). The second-order valence-corrected chi connectivity index (χ2v) is 8.63. The van der Waals surface area contributed by atoms with Crippen LogP contribution in [0.4, 0.5) is 0 Å². The topological polar surface area (TPSA) is 3.24 Å². The van der Waals surface area contributed by atoms with Crippen molar-refractivity contribution in [2.24, 2.45) is 0 Å². The van der Waals surface area contributed by atoms with Gasteiger partial charge in [-0.25, -0.2) is 0 Å². The summed E-state index contributed by atoms with van der Waals surface area (Å²) in [5.74, 6) is 0. The van der Waals surface area contributed by atoms with Gasteiger partial charge in [0.25, 0.3) is 0 Å². The summed E-state index contributed by atoms with van der Waals surface area (Å²) >= 11 is 0. The van der Waals surface area contributed by atoms with Crippen LogP contribution in [0.2, 0.25) is 0 Å². The van der Waals surface area contributed by atoms with E-state index in [2.05, 4.69) is 112 Å². The molecule has 0 atom stereocenters. The Morgan fingerprint density at radius 1 is 0.710 bits per heavy atom. The smallest absolute Gasteiger partial charge is 0.0236 e. The van der Waals surface area contributed by atoms with Crippen LogP contribution in [0.3, 0.4) is 0 Å². The van der Waals surface area contributed by atoms with Crippen molar-refractivity contribution in [3.8, 4) is 11.1 Å². The molecule has 162 valence electrons. The lowest BCUT2D eigenvalue weighted by Crippen LogP contribution is -2.25. The first kappa shape index (κ1) is 23.0. The van der Waals surface area contributed by atoms with Gasteiger partial charge in [0.1, 0.15) is 0 Å². The van der Waals surface area contributed by atoms with Gasteiger partial charge >= 0.3 is 0 Å². The molecule has 0 bridgehead atoms. The minimum absolute atomic E-state index is 1.05. The molecule has 0 radical (unpaired) electrons. The highest BCUT2D eigenvalue weighted by molar-refractivity contribution is 5.78. The fraction of sp³-hybridized carbons (Fsp3) is 0.333. The highest BCUT2D eigenvalue weighted by Crippen LogP contribution is 2.27. The quantitative estimate of drug-likeness (QED) is 0.322. The lowest BCUT2D eigenvalue weighted by Gasteiger charge is -2.22. The predicted octanol–water partition coefficient (Wildman–Crippen LogP) is 8.07. The first-order valence-electron chi connectivity index (χ1n) is 11.7. The Kier molecular flexibility index (Phi) is 8.26. The summed E-state index contributed by atoms with van der Waals surface area (Å²) in [5, 5.41) is 0. The molecule has 31 heavy (non-hydrogen) atoms. The van der Waals surface area contributed by atoms with Crippen LogP contribution in [0.25, 0.3) is 23.3 Å². The Bertz CT molecular complexity index is 1010. The summed E-state index contributed by atoms with van der Waals surface area (Å²) in [7, 11) is 0. The summed E-state index contributed by atoms with van der Waals surface area (Å²) in [4.78, 5) is 2.58. The van der Waals surface area contributed by atoms with Gasteiger partial charge < -0.3 is 0 Å². The van der Waals surface area contributed by atoms with Gasteiger partial charge in [-0.15, -0.1) is 0 Å². The summed E-state index contributed by atoms with van der Waals surface area (Å²) in [5.41, 5.74) is 10.7. The molecule has 0 saturated heterocycles. The fourth-order valence-corrected chi connectivity index (χ4v) is 4.34. The molecule has 1 heteroatoms. The number of rotatable bonds is 9. The Labute approximate surface area is 189 Å². The maximum atomic E-state index is 2.58. The van der Waals surface area contributed by atoms with E-state index in [1.807, 2.05) is 0 Å². The molecule has 0 heterocycles. The van der Waals surface area contributed by atoms with Crippen LogP contribution in [0, 0.1) is 20.8 Å². The Balaban J connectivity index is 1.84. The Morgan fingerprint density at radius 2 is 1.39 bits per heavy atom. The highest BCUT2D eigenvalue weighted by Gasteiger charge is 2.09. The third-order valence-electron chi connectivity index (χ3n) is 6.10. The molecule has 0 aromatic heterocycles. The van der Waals surface area contributed by atoms with Crippen molar-refractivity contribution in [1.82, 2.24) is 4.90 Å². The van der Waals surface area contributed by atoms with E-state index in [-0.39, 0.29) is 0 Å².